The Balaban J connectivity index is 2.07. The fourth-order valence-electron chi connectivity index (χ4n) is 4.49. The topological polar surface area (TPSA) is 86.8 Å². The van der Waals surface area contributed by atoms with Crippen LogP contribution < -0.4 is 9.62 Å². The number of amides is 2. The lowest BCUT2D eigenvalue weighted by molar-refractivity contribution is -0.140. The zero-order valence-electron chi connectivity index (χ0n) is 23.7. The Labute approximate surface area is 237 Å². The highest BCUT2D eigenvalue weighted by molar-refractivity contribution is 7.92. The maximum Gasteiger partial charge on any atom is 0.244 e. The Morgan fingerprint density at radius 3 is 2.10 bits per heavy atom. The Morgan fingerprint density at radius 2 is 1.52 bits per heavy atom. The van der Waals surface area contributed by atoms with E-state index in [-0.39, 0.29) is 30.4 Å². The van der Waals surface area contributed by atoms with Crippen LogP contribution in [0.3, 0.4) is 0 Å². The predicted octanol–water partition coefficient (Wildman–Crippen LogP) is 4.62. The van der Waals surface area contributed by atoms with E-state index in [9.17, 15) is 22.4 Å². The average Bonchev–Trinajstić information content (AvgIpc) is 2.88. The molecule has 1 N–H and O–H groups in total. The van der Waals surface area contributed by atoms with Gasteiger partial charge in [0.25, 0.3) is 0 Å². The van der Waals surface area contributed by atoms with E-state index in [0.717, 1.165) is 27.3 Å². The molecule has 0 aliphatic carbocycles. The molecular formula is C31H38FN3O4S. The first-order valence-electron chi connectivity index (χ1n) is 13.3. The number of nitrogens with zero attached hydrogens (tertiary/aromatic N) is 2. The van der Waals surface area contributed by atoms with Crippen LogP contribution in [0, 0.1) is 25.6 Å². The Bertz CT molecular complexity index is 1410. The van der Waals surface area contributed by atoms with Crippen molar-refractivity contribution >= 4 is 27.5 Å². The van der Waals surface area contributed by atoms with E-state index in [0.29, 0.717) is 12.2 Å². The molecule has 0 spiro atoms. The van der Waals surface area contributed by atoms with Gasteiger partial charge in [-0.05, 0) is 54.7 Å². The molecule has 0 unspecified atom stereocenters. The van der Waals surface area contributed by atoms with Gasteiger partial charge in [0.1, 0.15) is 18.4 Å². The van der Waals surface area contributed by atoms with Gasteiger partial charge in [-0.2, -0.15) is 0 Å². The number of aryl methyl sites for hydroxylation is 2. The molecule has 40 heavy (non-hydrogen) atoms. The normalized spacial score (nSPS) is 12.2. The second-order valence-electron chi connectivity index (χ2n) is 10.6. The quantitative estimate of drug-likeness (QED) is 0.346. The van der Waals surface area contributed by atoms with Crippen molar-refractivity contribution in [2.45, 2.75) is 46.7 Å². The summed E-state index contributed by atoms with van der Waals surface area (Å²) in [6.45, 7) is 7.26. The largest absolute Gasteiger partial charge is 0.354 e. The summed E-state index contributed by atoms with van der Waals surface area (Å²) in [5, 5.41) is 2.91. The van der Waals surface area contributed by atoms with Gasteiger partial charge in [-0.15, -0.1) is 0 Å². The fraction of sp³-hybridized carbons (Fsp3) is 0.355. The van der Waals surface area contributed by atoms with E-state index >= 15 is 0 Å². The summed E-state index contributed by atoms with van der Waals surface area (Å²) in [5.41, 5.74) is 3.07. The van der Waals surface area contributed by atoms with Crippen LogP contribution in [0.4, 0.5) is 10.1 Å². The monoisotopic (exact) mass is 567 g/mol. The first kappa shape index (κ1) is 30.8. The van der Waals surface area contributed by atoms with Crippen LogP contribution in [-0.4, -0.2) is 50.5 Å². The smallest absolute Gasteiger partial charge is 0.244 e. The molecule has 2 amide bonds. The molecule has 3 aromatic rings. The zero-order valence-corrected chi connectivity index (χ0v) is 24.5. The SMILES string of the molecule is Cc1cc(C)cc(N(CC(=O)N(Cc2ccccc2F)[C@H](Cc2ccccc2)C(=O)NCC(C)C)S(C)(=O)=O)c1. The third-order valence-corrected chi connectivity index (χ3v) is 7.57. The number of halogens is 1. The molecule has 214 valence electrons. The van der Waals surface area contributed by atoms with E-state index < -0.39 is 34.3 Å². The van der Waals surface area contributed by atoms with Gasteiger partial charge in [0.2, 0.25) is 21.8 Å². The maximum atomic E-state index is 14.8. The van der Waals surface area contributed by atoms with Crippen molar-refractivity contribution in [3.05, 3.63) is 101 Å². The lowest BCUT2D eigenvalue weighted by Crippen LogP contribution is -2.53. The van der Waals surface area contributed by atoms with Crippen molar-refractivity contribution < 1.29 is 22.4 Å². The number of hydrogen-bond acceptors (Lipinski definition) is 4. The van der Waals surface area contributed by atoms with Gasteiger partial charge in [0.05, 0.1) is 11.9 Å². The minimum atomic E-state index is -3.88. The molecule has 0 aliphatic rings. The van der Waals surface area contributed by atoms with Crippen LogP contribution in [0.15, 0.2) is 72.8 Å². The molecule has 0 aromatic heterocycles. The molecule has 7 nitrogen and oxygen atoms in total. The van der Waals surface area contributed by atoms with Gasteiger partial charge >= 0.3 is 0 Å². The first-order chi connectivity index (χ1) is 18.8. The van der Waals surface area contributed by atoms with Crippen LogP contribution in [0.5, 0.6) is 0 Å². The Kier molecular flexibility index (Phi) is 10.5. The summed E-state index contributed by atoms with van der Waals surface area (Å²) in [6.07, 6.45) is 1.21. The van der Waals surface area contributed by atoms with Crippen molar-refractivity contribution in [3.63, 3.8) is 0 Å². The molecule has 0 heterocycles. The molecule has 0 saturated heterocycles. The fourth-order valence-corrected chi connectivity index (χ4v) is 5.33. The molecule has 0 aliphatic heterocycles. The standard InChI is InChI=1S/C31H38FN3O4S/c1-22(2)19-33-31(37)29(18-25-11-7-6-8-12-25)34(20-26-13-9-10-14-28(26)32)30(36)21-35(40(5,38)39)27-16-23(3)15-24(4)17-27/h6-17,22,29H,18-21H2,1-5H3,(H,33,37)/t29-/m1/s1. The van der Waals surface area contributed by atoms with Crippen molar-refractivity contribution in [1.82, 2.24) is 10.2 Å². The van der Waals surface area contributed by atoms with Crippen molar-refractivity contribution in [3.8, 4) is 0 Å². The number of benzene rings is 3. The third-order valence-electron chi connectivity index (χ3n) is 6.43. The van der Waals surface area contributed by atoms with E-state index in [1.54, 1.807) is 30.3 Å². The van der Waals surface area contributed by atoms with Crippen LogP contribution in [0.25, 0.3) is 0 Å². The summed E-state index contributed by atoms with van der Waals surface area (Å²) in [7, 11) is -3.88. The van der Waals surface area contributed by atoms with Crippen LogP contribution in [0.1, 0.15) is 36.1 Å². The number of anilines is 1. The molecule has 3 rings (SSSR count). The maximum absolute atomic E-state index is 14.8. The van der Waals surface area contributed by atoms with Gasteiger partial charge in [-0.1, -0.05) is 68.4 Å². The summed E-state index contributed by atoms with van der Waals surface area (Å²) in [6, 6.07) is 19.6. The van der Waals surface area contributed by atoms with Gasteiger partial charge in [0, 0.05) is 25.1 Å². The number of carbonyl (C=O) groups is 2. The Hall–Kier alpha value is -3.72. The highest BCUT2D eigenvalue weighted by Crippen LogP contribution is 2.23. The van der Waals surface area contributed by atoms with Gasteiger partial charge < -0.3 is 10.2 Å². The first-order valence-corrected chi connectivity index (χ1v) is 15.1. The number of nitrogens with one attached hydrogen (secondary N) is 1. The highest BCUT2D eigenvalue weighted by Gasteiger charge is 2.33. The molecular weight excluding hydrogens is 529 g/mol. The van der Waals surface area contributed by atoms with Crippen LogP contribution in [-0.2, 0) is 32.6 Å². The summed E-state index contributed by atoms with van der Waals surface area (Å²) in [4.78, 5) is 28.9. The van der Waals surface area contributed by atoms with E-state index in [1.807, 2.05) is 64.1 Å². The number of rotatable bonds is 12. The lowest BCUT2D eigenvalue weighted by atomic mass is 10.0. The molecule has 0 radical (unpaired) electrons. The third kappa shape index (κ3) is 8.64. The number of sulfonamides is 1. The van der Waals surface area contributed by atoms with Gasteiger partial charge in [0.15, 0.2) is 0 Å². The summed E-state index contributed by atoms with van der Waals surface area (Å²) >= 11 is 0. The van der Waals surface area contributed by atoms with Crippen molar-refractivity contribution in [2.75, 3.05) is 23.7 Å². The summed E-state index contributed by atoms with van der Waals surface area (Å²) < 4.78 is 41.7. The molecule has 0 fully saturated rings. The minimum absolute atomic E-state index is 0.169. The minimum Gasteiger partial charge on any atom is -0.354 e. The van der Waals surface area contributed by atoms with Crippen LogP contribution in [0.2, 0.25) is 0 Å². The lowest BCUT2D eigenvalue weighted by Gasteiger charge is -2.33. The second-order valence-corrected chi connectivity index (χ2v) is 12.5. The number of hydrogen-bond donors (Lipinski definition) is 1. The van der Waals surface area contributed by atoms with Gasteiger partial charge in [-0.25, -0.2) is 12.8 Å². The van der Waals surface area contributed by atoms with Crippen molar-refractivity contribution in [2.24, 2.45) is 5.92 Å². The zero-order chi connectivity index (χ0) is 29.4. The Morgan fingerprint density at radius 1 is 0.925 bits per heavy atom. The van der Waals surface area contributed by atoms with Crippen LogP contribution >= 0.6 is 0 Å². The van der Waals surface area contributed by atoms with Gasteiger partial charge in [-0.3, -0.25) is 13.9 Å². The van der Waals surface area contributed by atoms with E-state index in [2.05, 4.69) is 5.32 Å². The van der Waals surface area contributed by atoms with E-state index in [4.69, 9.17) is 0 Å². The second kappa shape index (κ2) is 13.6. The summed E-state index contributed by atoms with van der Waals surface area (Å²) in [5.74, 6) is -1.36. The molecule has 3 aromatic carbocycles. The van der Waals surface area contributed by atoms with Crippen molar-refractivity contribution in [1.29, 1.82) is 0 Å². The molecule has 0 saturated carbocycles. The molecule has 1 atom stereocenters. The number of carbonyl (C=O) groups excluding carboxylic acids is 2. The van der Waals surface area contributed by atoms with E-state index in [1.165, 1.54) is 11.0 Å². The molecule has 0 bridgehead atoms. The average molecular weight is 568 g/mol. The molecule has 9 heteroatoms. The predicted molar refractivity (Wildman–Crippen MR) is 157 cm³/mol. The highest BCUT2D eigenvalue weighted by atomic mass is 32.2.